The summed E-state index contributed by atoms with van der Waals surface area (Å²) in [6.45, 7) is 2.30. The van der Waals surface area contributed by atoms with Gasteiger partial charge in [-0.1, -0.05) is 31.2 Å². The summed E-state index contributed by atoms with van der Waals surface area (Å²) in [5.74, 6) is 0.647. The van der Waals surface area contributed by atoms with Crippen molar-refractivity contribution >= 4 is 6.08 Å². The van der Waals surface area contributed by atoms with E-state index >= 15 is 0 Å². The van der Waals surface area contributed by atoms with E-state index in [0.717, 1.165) is 6.42 Å². The van der Waals surface area contributed by atoms with E-state index in [9.17, 15) is 0 Å². The van der Waals surface area contributed by atoms with Crippen molar-refractivity contribution < 1.29 is 0 Å². The molecule has 1 aromatic rings. The lowest BCUT2D eigenvalue weighted by molar-refractivity contribution is 0.473. The summed E-state index contributed by atoms with van der Waals surface area (Å²) in [7, 11) is 4.24. The van der Waals surface area contributed by atoms with E-state index in [1.807, 2.05) is 0 Å². The molecule has 2 rings (SSSR count). The molecule has 0 radical (unpaired) electrons. The van der Waals surface area contributed by atoms with Crippen LogP contribution in [0.15, 0.2) is 30.0 Å². The van der Waals surface area contributed by atoms with Gasteiger partial charge in [-0.2, -0.15) is 0 Å². The summed E-state index contributed by atoms with van der Waals surface area (Å²) < 4.78 is 0. The molecule has 1 heteroatoms. The molecule has 0 bridgehead atoms. The molecule has 0 aliphatic heterocycles. The van der Waals surface area contributed by atoms with Gasteiger partial charge in [0.05, 0.1) is 0 Å². The fraction of sp³-hybridized carbons (Fsp3) is 0.385. The van der Waals surface area contributed by atoms with E-state index < -0.39 is 0 Å². The Morgan fingerprint density at radius 2 is 1.93 bits per heavy atom. The molecule has 0 N–H and O–H groups in total. The summed E-state index contributed by atoms with van der Waals surface area (Å²) in [5.41, 5.74) is 4.30. The lowest BCUT2D eigenvalue weighted by Crippen LogP contribution is -2.16. The monoisotopic (exact) mass is 187 g/mol. The standard InChI is InChI=1S/C13H17N/c1-10-8-12(14(2)3)9-11-6-4-5-7-13(10)11/h4-7,9-10H,8H2,1-3H3. The highest BCUT2D eigenvalue weighted by molar-refractivity contribution is 5.60. The predicted octanol–water partition coefficient (Wildman–Crippen LogP) is 3.10. The van der Waals surface area contributed by atoms with Crippen molar-refractivity contribution in [2.75, 3.05) is 14.1 Å². The van der Waals surface area contributed by atoms with Gasteiger partial charge in [-0.3, -0.25) is 0 Å². The second-order valence-electron chi connectivity index (χ2n) is 4.26. The lowest BCUT2D eigenvalue weighted by Gasteiger charge is -2.27. The Labute approximate surface area is 86.1 Å². The van der Waals surface area contributed by atoms with E-state index in [1.54, 1.807) is 0 Å². The molecule has 1 unspecified atom stereocenters. The molecular weight excluding hydrogens is 170 g/mol. The molecule has 0 fully saturated rings. The van der Waals surface area contributed by atoms with Gasteiger partial charge in [0.1, 0.15) is 0 Å². The van der Waals surface area contributed by atoms with Gasteiger partial charge in [-0.05, 0) is 29.5 Å². The number of hydrogen-bond acceptors (Lipinski definition) is 1. The highest BCUT2D eigenvalue weighted by atomic mass is 15.1. The van der Waals surface area contributed by atoms with Crippen molar-refractivity contribution in [3.63, 3.8) is 0 Å². The lowest BCUT2D eigenvalue weighted by atomic mass is 9.86. The molecule has 1 atom stereocenters. The molecule has 1 aliphatic rings. The largest absolute Gasteiger partial charge is 0.381 e. The number of fused-ring (bicyclic) bond motifs is 1. The highest BCUT2D eigenvalue weighted by Gasteiger charge is 2.17. The van der Waals surface area contributed by atoms with Gasteiger partial charge in [-0.25, -0.2) is 0 Å². The molecule has 0 aromatic heterocycles. The number of rotatable bonds is 1. The van der Waals surface area contributed by atoms with Crippen LogP contribution < -0.4 is 0 Å². The van der Waals surface area contributed by atoms with Crippen LogP contribution in [0.25, 0.3) is 6.08 Å². The maximum Gasteiger partial charge on any atom is 0.0140 e. The van der Waals surface area contributed by atoms with Gasteiger partial charge in [-0.15, -0.1) is 0 Å². The average Bonchev–Trinajstić information content (AvgIpc) is 2.17. The van der Waals surface area contributed by atoms with E-state index in [-0.39, 0.29) is 0 Å². The summed E-state index contributed by atoms with van der Waals surface area (Å²) in [6.07, 6.45) is 3.46. The summed E-state index contributed by atoms with van der Waals surface area (Å²) in [6, 6.07) is 8.68. The molecule has 0 amide bonds. The average molecular weight is 187 g/mol. The van der Waals surface area contributed by atoms with Crippen LogP contribution in [0.1, 0.15) is 30.4 Å². The summed E-state index contributed by atoms with van der Waals surface area (Å²) in [5, 5.41) is 0. The van der Waals surface area contributed by atoms with Gasteiger partial charge in [0.2, 0.25) is 0 Å². The first-order chi connectivity index (χ1) is 6.68. The van der Waals surface area contributed by atoms with E-state index in [4.69, 9.17) is 0 Å². The second-order valence-corrected chi connectivity index (χ2v) is 4.26. The summed E-state index contributed by atoms with van der Waals surface area (Å²) >= 11 is 0. The summed E-state index contributed by atoms with van der Waals surface area (Å²) in [4.78, 5) is 2.21. The Balaban J connectivity index is 2.45. The van der Waals surface area contributed by atoms with Crippen LogP contribution in [-0.4, -0.2) is 19.0 Å². The third-order valence-corrected chi connectivity index (χ3v) is 2.94. The van der Waals surface area contributed by atoms with Crippen LogP contribution in [0.4, 0.5) is 0 Å². The first-order valence-corrected chi connectivity index (χ1v) is 5.15. The Morgan fingerprint density at radius 1 is 1.21 bits per heavy atom. The number of allylic oxidation sites excluding steroid dienone is 1. The second kappa shape index (κ2) is 3.49. The fourth-order valence-electron chi connectivity index (χ4n) is 2.06. The zero-order chi connectivity index (χ0) is 10.1. The Bertz CT molecular complexity index is 363. The fourth-order valence-corrected chi connectivity index (χ4v) is 2.06. The van der Waals surface area contributed by atoms with Crippen LogP contribution in [0.5, 0.6) is 0 Å². The van der Waals surface area contributed by atoms with Crippen molar-refractivity contribution in [2.24, 2.45) is 0 Å². The molecular formula is C13H17N. The van der Waals surface area contributed by atoms with Crippen LogP contribution in [0.2, 0.25) is 0 Å². The van der Waals surface area contributed by atoms with Gasteiger partial charge < -0.3 is 4.90 Å². The van der Waals surface area contributed by atoms with Gasteiger partial charge >= 0.3 is 0 Å². The van der Waals surface area contributed by atoms with Crippen molar-refractivity contribution in [3.8, 4) is 0 Å². The number of benzene rings is 1. The Kier molecular flexibility index (Phi) is 2.32. The van der Waals surface area contributed by atoms with Crippen molar-refractivity contribution in [1.82, 2.24) is 4.90 Å². The maximum atomic E-state index is 2.30. The quantitative estimate of drug-likeness (QED) is 0.653. The molecule has 1 aliphatic carbocycles. The zero-order valence-corrected chi connectivity index (χ0v) is 9.12. The number of nitrogens with zero attached hydrogens (tertiary/aromatic N) is 1. The van der Waals surface area contributed by atoms with E-state index in [1.165, 1.54) is 16.8 Å². The molecule has 14 heavy (non-hydrogen) atoms. The topological polar surface area (TPSA) is 3.24 Å². The zero-order valence-electron chi connectivity index (χ0n) is 9.12. The molecule has 0 spiro atoms. The number of hydrogen-bond donors (Lipinski definition) is 0. The van der Waals surface area contributed by atoms with Crippen molar-refractivity contribution in [2.45, 2.75) is 19.3 Å². The normalized spacial score (nSPS) is 19.9. The molecule has 74 valence electrons. The minimum Gasteiger partial charge on any atom is -0.381 e. The molecule has 1 aromatic carbocycles. The van der Waals surface area contributed by atoms with Crippen molar-refractivity contribution in [3.05, 3.63) is 41.1 Å². The molecule has 1 nitrogen and oxygen atoms in total. The van der Waals surface area contributed by atoms with Crippen LogP contribution in [0.3, 0.4) is 0 Å². The van der Waals surface area contributed by atoms with Crippen LogP contribution in [0, 0.1) is 0 Å². The molecule has 0 saturated heterocycles. The SMILES string of the molecule is CC1CC(N(C)C)=Cc2ccccc21. The highest BCUT2D eigenvalue weighted by Crippen LogP contribution is 2.33. The van der Waals surface area contributed by atoms with E-state index in [2.05, 4.69) is 56.3 Å². The van der Waals surface area contributed by atoms with Gasteiger partial charge in [0.15, 0.2) is 0 Å². The first kappa shape index (κ1) is 9.32. The minimum atomic E-state index is 0.647. The van der Waals surface area contributed by atoms with E-state index in [0.29, 0.717) is 5.92 Å². The van der Waals surface area contributed by atoms with Gasteiger partial charge in [0, 0.05) is 19.8 Å². The third-order valence-electron chi connectivity index (χ3n) is 2.94. The van der Waals surface area contributed by atoms with Gasteiger partial charge in [0.25, 0.3) is 0 Å². The van der Waals surface area contributed by atoms with Crippen molar-refractivity contribution in [1.29, 1.82) is 0 Å². The maximum absolute atomic E-state index is 2.30. The molecule has 0 heterocycles. The Morgan fingerprint density at radius 3 is 2.64 bits per heavy atom. The Hall–Kier alpha value is -1.24. The third kappa shape index (κ3) is 1.54. The smallest absolute Gasteiger partial charge is 0.0140 e. The van der Waals surface area contributed by atoms with Crippen LogP contribution >= 0.6 is 0 Å². The van der Waals surface area contributed by atoms with Crippen LogP contribution in [-0.2, 0) is 0 Å². The minimum absolute atomic E-state index is 0.647. The molecule has 0 saturated carbocycles. The predicted molar refractivity (Wildman–Crippen MR) is 61.1 cm³/mol. The first-order valence-electron chi connectivity index (χ1n) is 5.15.